The Morgan fingerprint density at radius 3 is 2.61 bits per heavy atom. The van der Waals surface area contributed by atoms with E-state index < -0.39 is 12.2 Å². The van der Waals surface area contributed by atoms with Gasteiger partial charge in [0.2, 0.25) is 0 Å². The van der Waals surface area contributed by atoms with Crippen molar-refractivity contribution in [3.05, 3.63) is 48.0 Å². The molecule has 0 unspecified atom stereocenters. The lowest BCUT2D eigenvalue weighted by Crippen LogP contribution is -2.49. The van der Waals surface area contributed by atoms with Crippen LogP contribution in [0.4, 0.5) is 9.59 Å². The van der Waals surface area contributed by atoms with Gasteiger partial charge < -0.3 is 20.1 Å². The van der Waals surface area contributed by atoms with Crippen molar-refractivity contribution in [2.45, 2.75) is 32.5 Å². The smallest absolute Gasteiger partial charge is 0.407 e. The summed E-state index contributed by atoms with van der Waals surface area (Å²) in [5, 5.41) is 12.0. The minimum atomic E-state index is -0.999. The summed E-state index contributed by atoms with van der Waals surface area (Å²) in [6.07, 6.45) is 2.23. The third-order valence-electron chi connectivity index (χ3n) is 3.97. The summed E-state index contributed by atoms with van der Waals surface area (Å²) in [6, 6.07) is 8.85. The maximum Gasteiger partial charge on any atom is 0.407 e. The molecule has 0 aromatic heterocycles. The summed E-state index contributed by atoms with van der Waals surface area (Å²) in [4.78, 5) is 24.6. The van der Waals surface area contributed by atoms with Crippen molar-refractivity contribution < 1.29 is 19.4 Å². The molecule has 3 atom stereocenters. The summed E-state index contributed by atoms with van der Waals surface area (Å²) >= 11 is 0. The number of alkyl carbamates (subject to hydrolysis) is 1. The van der Waals surface area contributed by atoms with Crippen LogP contribution < -0.4 is 5.32 Å². The van der Waals surface area contributed by atoms with E-state index in [1.165, 1.54) is 4.90 Å². The number of nitrogens with zero attached hydrogens (tertiary/aromatic N) is 1. The van der Waals surface area contributed by atoms with E-state index in [1.807, 2.05) is 56.3 Å². The van der Waals surface area contributed by atoms with Gasteiger partial charge in [-0.1, -0.05) is 49.4 Å². The number of hydrogen-bond donors (Lipinski definition) is 2. The number of hydrogen-bond acceptors (Lipinski definition) is 3. The molecular formula is C17H22N2O4. The zero-order chi connectivity index (χ0) is 16.8. The first kappa shape index (κ1) is 16.9. The number of ether oxygens (including phenoxy) is 1. The fourth-order valence-electron chi connectivity index (χ4n) is 2.46. The van der Waals surface area contributed by atoms with Gasteiger partial charge in [0, 0.05) is 6.54 Å². The Morgan fingerprint density at radius 1 is 1.26 bits per heavy atom. The molecule has 1 aliphatic heterocycles. The fourth-order valence-corrected chi connectivity index (χ4v) is 2.46. The lowest BCUT2D eigenvalue weighted by atomic mass is 10.0. The first-order valence-corrected chi connectivity index (χ1v) is 7.62. The van der Waals surface area contributed by atoms with Crippen LogP contribution in [0.5, 0.6) is 0 Å². The van der Waals surface area contributed by atoms with Crippen LogP contribution in [0.2, 0.25) is 0 Å². The summed E-state index contributed by atoms with van der Waals surface area (Å²) in [5.41, 5.74) is 0.900. The van der Waals surface area contributed by atoms with Gasteiger partial charge in [-0.3, -0.25) is 0 Å². The van der Waals surface area contributed by atoms with E-state index >= 15 is 0 Å². The number of carboxylic acid groups (broad SMARTS) is 1. The van der Waals surface area contributed by atoms with Crippen molar-refractivity contribution in [2.24, 2.45) is 5.92 Å². The van der Waals surface area contributed by atoms with Crippen molar-refractivity contribution in [1.82, 2.24) is 10.2 Å². The topological polar surface area (TPSA) is 78.9 Å². The highest BCUT2D eigenvalue weighted by molar-refractivity contribution is 5.69. The molecule has 1 aromatic rings. The van der Waals surface area contributed by atoms with Crippen molar-refractivity contribution in [2.75, 3.05) is 6.54 Å². The molecule has 1 heterocycles. The highest BCUT2D eigenvalue weighted by atomic mass is 16.5. The van der Waals surface area contributed by atoms with E-state index in [4.69, 9.17) is 4.74 Å². The van der Waals surface area contributed by atoms with Gasteiger partial charge in [0.15, 0.2) is 0 Å². The molecule has 0 saturated carbocycles. The van der Waals surface area contributed by atoms with Crippen LogP contribution in [0.1, 0.15) is 19.4 Å². The second-order valence-electron chi connectivity index (χ2n) is 5.73. The molecule has 2 amide bonds. The lowest BCUT2D eigenvalue weighted by molar-refractivity contribution is 0.116. The molecule has 6 nitrogen and oxygen atoms in total. The van der Waals surface area contributed by atoms with Gasteiger partial charge in [-0.2, -0.15) is 0 Å². The SMILES string of the molecule is C[C@@H]1C=C[C@@H](C)N(C(=O)O)C[C@H]1NC(=O)OCc1ccccc1. The number of nitrogens with one attached hydrogen (secondary N) is 1. The van der Waals surface area contributed by atoms with Crippen molar-refractivity contribution in [3.8, 4) is 0 Å². The predicted octanol–water partition coefficient (Wildman–Crippen LogP) is 2.86. The molecule has 2 rings (SSSR count). The summed E-state index contributed by atoms with van der Waals surface area (Å²) in [7, 11) is 0. The number of carbonyl (C=O) groups excluding carboxylic acids is 1. The molecule has 124 valence electrons. The zero-order valence-electron chi connectivity index (χ0n) is 13.3. The van der Waals surface area contributed by atoms with Crippen LogP contribution in [0.3, 0.4) is 0 Å². The summed E-state index contributed by atoms with van der Waals surface area (Å²) in [5.74, 6) is 0.0195. The maximum absolute atomic E-state index is 12.0. The van der Waals surface area contributed by atoms with Gasteiger partial charge in [0.05, 0.1) is 12.1 Å². The molecule has 6 heteroatoms. The molecule has 0 fully saturated rings. The standard InChI is InChI=1S/C17H22N2O4/c1-12-8-9-13(2)19(17(21)22)10-15(12)18-16(20)23-11-14-6-4-3-5-7-14/h3-9,12-13,15H,10-11H2,1-2H3,(H,18,20)(H,21,22)/t12-,13-,15-/m1/s1. The van der Waals surface area contributed by atoms with Crippen molar-refractivity contribution >= 4 is 12.2 Å². The van der Waals surface area contributed by atoms with E-state index in [2.05, 4.69) is 5.32 Å². The van der Waals surface area contributed by atoms with E-state index in [1.54, 1.807) is 0 Å². The van der Waals surface area contributed by atoms with Gasteiger partial charge in [0.1, 0.15) is 6.61 Å². The maximum atomic E-state index is 12.0. The first-order valence-electron chi connectivity index (χ1n) is 7.62. The van der Waals surface area contributed by atoms with Crippen molar-refractivity contribution in [3.63, 3.8) is 0 Å². The second-order valence-corrected chi connectivity index (χ2v) is 5.73. The number of benzene rings is 1. The van der Waals surface area contributed by atoms with Gasteiger partial charge in [0.25, 0.3) is 0 Å². The number of rotatable bonds is 3. The molecule has 23 heavy (non-hydrogen) atoms. The molecular weight excluding hydrogens is 296 g/mol. The Bertz CT molecular complexity index is 573. The molecule has 0 saturated heterocycles. The van der Waals surface area contributed by atoms with E-state index in [-0.39, 0.29) is 31.2 Å². The van der Waals surface area contributed by atoms with Crippen LogP contribution in [0.25, 0.3) is 0 Å². The molecule has 1 aliphatic rings. The predicted molar refractivity (Wildman–Crippen MR) is 86.0 cm³/mol. The Hall–Kier alpha value is -2.50. The average molecular weight is 318 g/mol. The van der Waals surface area contributed by atoms with E-state index in [0.717, 1.165) is 5.56 Å². The first-order chi connectivity index (χ1) is 11.0. The largest absolute Gasteiger partial charge is 0.465 e. The van der Waals surface area contributed by atoms with Crippen LogP contribution in [-0.2, 0) is 11.3 Å². The van der Waals surface area contributed by atoms with E-state index in [9.17, 15) is 14.7 Å². The number of carbonyl (C=O) groups is 2. The molecule has 0 aliphatic carbocycles. The van der Waals surface area contributed by atoms with Crippen LogP contribution in [0, 0.1) is 5.92 Å². The molecule has 1 aromatic carbocycles. The fraction of sp³-hybridized carbons (Fsp3) is 0.412. The highest BCUT2D eigenvalue weighted by Gasteiger charge is 2.29. The monoisotopic (exact) mass is 318 g/mol. The Labute approximate surface area is 135 Å². The molecule has 0 spiro atoms. The molecule has 0 bridgehead atoms. The van der Waals surface area contributed by atoms with Crippen molar-refractivity contribution in [1.29, 1.82) is 0 Å². The molecule has 0 radical (unpaired) electrons. The number of amides is 2. The Kier molecular flexibility index (Phi) is 5.62. The quantitative estimate of drug-likeness (QED) is 0.840. The second kappa shape index (κ2) is 7.67. The zero-order valence-corrected chi connectivity index (χ0v) is 13.3. The normalized spacial score (nSPS) is 23.9. The minimum absolute atomic E-state index is 0.0195. The third-order valence-corrected chi connectivity index (χ3v) is 3.97. The average Bonchev–Trinajstić information content (AvgIpc) is 2.67. The highest BCUT2D eigenvalue weighted by Crippen LogP contribution is 2.16. The van der Waals surface area contributed by atoms with Gasteiger partial charge >= 0.3 is 12.2 Å². The molecule has 2 N–H and O–H groups in total. The third kappa shape index (κ3) is 4.74. The lowest BCUT2D eigenvalue weighted by Gasteiger charge is -2.28. The van der Waals surface area contributed by atoms with Gasteiger partial charge in [-0.05, 0) is 18.4 Å². The van der Waals surface area contributed by atoms with E-state index in [0.29, 0.717) is 0 Å². The van der Waals surface area contributed by atoms with Gasteiger partial charge in [-0.25, -0.2) is 9.59 Å². The summed E-state index contributed by atoms with van der Waals surface area (Å²) in [6.45, 7) is 4.16. The van der Waals surface area contributed by atoms with Crippen LogP contribution in [0.15, 0.2) is 42.5 Å². The Morgan fingerprint density at radius 2 is 1.96 bits per heavy atom. The van der Waals surface area contributed by atoms with Crippen LogP contribution >= 0.6 is 0 Å². The van der Waals surface area contributed by atoms with Crippen LogP contribution in [-0.4, -0.2) is 40.8 Å². The van der Waals surface area contributed by atoms with Gasteiger partial charge in [-0.15, -0.1) is 0 Å². The Balaban J connectivity index is 1.93. The minimum Gasteiger partial charge on any atom is -0.465 e. The summed E-state index contributed by atoms with van der Waals surface area (Å²) < 4.78 is 5.20.